The van der Waals surface area contributed by atoms with E-state index in [1.54, 1.807) is 50.2 Å². The van der Waals surface area contributed by atoms with Gasteiger partial charge in [-0.05, 0) is 79.1 Å². The summed E-state index contributed by atoms with van der Waals surface area (Å²) in [5.74, 6) is -1.19. The maximum absolute atomic E-state index is 12.1. The van der Waals surface area contributed by atoms with Gasteiger partial charge in [0.2, 0.25) is 0 Å². The number of benzene rings is 4. The number of phenolic OH excluding ortho intramolecular Hbond substituents is 1. The average Bonchev–Trinajstić information content (AvgIpc) is 2.85. The lowest BCUT2D eigenvalue weighted by Gasteiger charge is -2.17. The number of rotatable bonds is 5. The minimum atomic E-state index is -1.29. The van der Waals surface area contributed by atoms with E-state index >= 15 is 0 Å². The maximum Gasteiger partial charge on any atom is 0.336 e. The highest BCUT2D eigenvalue weighted by molar-refractivity contribution is 6.08. The molecule has 0 bridgehead atoms. The molecule has 2 aliphatic rings. The molecule has 0 atom stereocenters. The van der Waals surface area contributed by atoms with E-state index in [1.165, 1.54) is 24.3 Å². The monoisotopic (exact) mass is 496 g/mol. The summed E-state index contributed by atoms with van der Waals surface area (Å²) < 4.78 is 12.0. The normalized spacial score (nSPS) is 11.1. The van der Waals surface area contributed by atoms with Crippen molar-refractivity contribution in [3.63, 3.8) is 0 Å². The van der Waals surface area contributed by atoms with Gasteiger partial charge in [-0.1, -0.05) is 6.07 Å². The van der Waals surface area contributed by atoms with E-state index in [0.29, 0.717) is 44.7 Å². The van der Waals surface area contributed by atoms with Crippen LogP contribution in [0.2, 0.25) is 0 Å². The Balaban J connectivity index is 1.75. The van der Waals surface area contributed by atoms with Gasteiger partial charge in [0.25, 0.3) is 0 Å². The number of aromatic hydroxyl groups is 1. The molecule has 1 aliphatic heterocycles. The van der Waals surface area contributed by atoms with Crippen molar-refractivity contribution >= 4 is 22.9 Å². The number of aryl methyl sites for hydroxylation is 2. The van der Waals surface area contributed by atoms with E-state index in [4.69, 9.17) is 9.15 Å². The molecule has 0 spiro atoms. The van der Waals surface area contributed by atoms with Gasteiger partial charge in [-0.25, -0.2) is 9.59 Å². The molecule has 0 radical (unpaired) electrons. The second kappa shape index (κ2) is 8.83. The fourth-order valence-corrected chi connectivity index (χ4v) is 4.39. The van der Waals surface area contributed by atoms with Crippen molar-refractivity contribution in [2.24, 2.45) is 0 Å². The van der Waals surface area contributed by atoms with Crippen LogP contribution < -0.4 is 10.2 Å². The van der Waals surface area contributed by atoms with E-state index in [2.05, 4.69) is 0 Å². The van der Waals surface area contributed by atoms with Crippen LogP contribution in [0.15, 0.2) is 75.9 Å². The number of aromatic carboxylic acids is 2. The van der Waals surface area contributed by atoms with E-state index in [-0.39, 0.29) is 33.6 Å². The van der Waals surface area contributed by atoms with Crippen molar-refractivity contribution in [3.8, 4) is 39.7 Å². The molecule has 184 valence electrons. The van der Waals surface area contributed by atoms with Crippen LogP contribution in [-0.2, 0) is 0 Å². The summed E-state index contributed by atoms with van der Waals surface area (Å²) in [6.45, 7) is 3.53. The molecule has 5 rings (SSSR count). The molecule has 1 heterocycles. The standard InChI is InChI=1S/C29H20O8/c1-14-9-19(10-15(2)27(14)31)36-18-5-8-22-25(13-18)37-24-12-17(30)4-7-21(24)26(22)20-6-3-16(28(32)33)11-23(20)29(34)35/h3-13,31H,1-2H3,(H,32,33)(H,34,35). The molecule has 0 unspecified atom stereocenters. The van der Waals surface area contributed by atoms with Crippen molar-refractivity contribution in [3.05, 3.63) is 99.2 Å². The first kappa shape index (κ1) is 23.6. The number of hydrogen-bond acceptors (Lipinski definition) is 6. The first-order chi connectivity index (χ1) is 17.6. The highest BCUT2D eigenvalue weighted by atomic mass is 16.5. The van der Waals surface area contributed by atoms with Crippen molar-refractivity contribution in [2.45, 2.75) is 13.8 Å². The Hall–Kier alpha value is -5.11. The number of carboxylic acids is 2. The van der Waals surface area contributed by atoms with Gasteiger partial charge in [-0.2, -0.15) is 0 Å². The predicted octanol–water partition coefficient (Wildman–Crippen LogP) is 6.08. The molecule has 0 saturated heterocycles. The number of fused-ring (bicyclic) bond motifs is 2. The van der Waals surface area contributed by atoms with Crippen LogP contribution in [0.1, 0.15) is 31.8 Å². The third-order valence-electron chi connectivity index (χ3n) is 6.13. The van der Waals surface area contributed by atoms with Crippen LogP contribution in [0.4, 0.5) is 0 Å². The number of phenols is 1. The number of carbonyl (C=O) groups is 2. The molecule has 1 aliphatic carbocycles. The van der Waals surface area contributed by atoms with E-state index in [1.807, 2.05) is 0 Å². The summed E-state index contributed by atoms with van der Waals surface area (Å²) in [5.41, 5.74) is 2.25. The Morgan fingerprint density at radius 3 is 2.16 bits per heavy atom. The smallest absolute Gasteiger partial charge is 0.336 e. The van der Waals surface area contributed by atoms with Crippen molar-refractivity contribution in [1.82, 2.24) is 0 Å². The summed E-state index contributed by atoms with van der Waals surface area (Å²) in [7, 11) is 0. The van der Waals surface area contributed by atoms with Gasteiger partial charge in [0.1, 0.15) is 28.6 Å². The van der Waals surface area contributed by atoms with Crippen molar-refractivity contribution in [1.29, 1.82) is 0 Å². The fourth-order valence-electron chi connectivity index (χ4n) is 4.39. The van der Waals surface area contributed by atoms with Crippen LogP contribution in [0.25, 0.3) is 33.4 Å². The summed E-state index contributed by atoms with van der Waals surface area (Å²) in [6.07, 6.45) is 0. The lowest BCUT2D eigenvalue weighted by atomic mass is 9.90. The number of carboxylic acid groups (broad SMARTS) is 2. The molecule has 0 amide bonds. The predicted molar refractivity (Wildman–Crippen MR) is 136 cm³/mol. The van der Waals surface area contributed by atoms with Crippen molar-refractivity contribution in [2.75, 3.05) is 0 Å². The summed E-state index contributed by atoms with van der Waals surface area (Å²) in [4.78, 5) is 35.7. The van der Waals surface area contributed by atoms with E-state index in [0.717, 1.165) is 6.07 Å². The molecule has 37 heavy (non-hydrogen) atoms. The first-order valence-electron chi connectivity index (χ1n) is 11.2. The van der Waals surface area contributed by atoms with E-state index in [9.17, 15) is 29.7 Å². The molecule has 0 fully saturated rings. The highest BCUT2D eigenvalue weighted by Crippen LogP contribution is 2.42. The second-order valence-electron chi connectivity index (χ2n) is 8.67. The lowest BCUT2D eigenvalue weighted by molar-refractivity contribution is 0.0696. The molecule has 8 heteroatoms. The molecule has 0 aromatic heterocycles. The largest absolute Gasteiger partial charge is 0.507 e. The van der Waals surface area contributed by atoms with Crippen LogP contribution >= 0.6 is 0 Å². The zero-order valence-electron chi connectivity index (χ0n) is 19.7. The van der Waals surface area contributed by atoms with Crippen LogP contribution in [0, 0.1) is 13.8 Å². The number of hydrogen-bond donors (Lipinski definition) is 3. The van der Waals surface area contributed by atoms with Gasteiger partial charge in [0.05, 0.1) is 11.1 Å². The van der Waals surface area contributed by atoms with Gasteiger partial charge in [-0.3, -0.25) is 4.79 Å². The van der Waals surface area contributed by atoms with Gasteiger partial charge in [0.15, 0.2) is 5.43 Å². The Kier molecular flexibility index (Phi) is 5.64. The Morgan fingerprint density at radius 2 is 1.49 bits per heavy atom. The maximum atomic E-state index is 12.1. The summed E-state index contributed by atoms with van der Waals surface area (Å²) in [6, 6.07) is 16.5. The van der Waals surface area contributed by atoms with Gasteiger partial charge >= 0.3 is 11.9 Å². The first-order valence-corrected chi connectivity index (χ1v) is 11.2. The van der Waals surface area contributed by atoms with E-state index < -0.39 is 11.9 Å². The SMILES string of the molecule is Cc1cc(Oc2ccc3c(-c4ccc(C(=O)O)cc4C(=O)O)c4ccc(=O)cc-4oc3c2)cc(C)c1O. The topological polar surface area (TPSA) is 134 Å². The quantitative estimate of drug-likeness (QED) is 0.249. The molecule has 0 saturated carbocycles. The molecular formula is C29H20O8. The summed E-state index contributed by atoms with van der Waals surface area (Å²) >= 11 is 0. The minimum Gasteiger partial charge on any atom is -0.507 e. The molecule has 8 nitrogen and oxygen atoms in total. The second-order valence-corrected chi connectivity index (χ2v) is 8.67. The minimum absolute atomic E-state index is 0.160. The lowest BCUT2D eigenvalue weighted by Crippen LogP contribution is -2.06. The third kappa shape index (κ3) is 4.25. The highest BCUT2D eigenvalue weighted by Gasteiger charge is 2.23. The van der Waals surface area contributed by atoms with Crippen molar-refractivity contribution < 1.29 is 34.1 Å². The number of ether oxygens (including phenoxy) is 1. The molecule has 3 N–H and O–H groups in total. The van der Waals surface area contributed by atoms with Gasteiger partial charge in [0, 0.05) is 28.6 Å². The Labute approximate surface area is 210 Å². The molecule has 3 aromatic rings. The third-order valence-corrected chi connectivity index (χ3v) is 6.13. The molecule has 3 aromatic carbocycles. The van der Waals surface area contributed by atoms with Crippen LogP contribution in [-0.4, -0.2) is 27.3 Å². The average molecular weight is 496 g/mol. The Morgan fingerprint density at radius 1 is 0.784 bits per heavy atom. The van der Waals surface area contributed by atoms with Crippen LogP contribution in [0.3, 0.4) is 0 Å². The summed E-state index contributed by atoms with van der Waals surface area (Å²) in [5, 5.41) is 29.8. The van der Waals surface area contributed by atoms with Crippen LogP contribution in [0.5, 0.6) is 17.2 Å². The zero-order valence-corrected chi connectivity index (χ0v) is 19.7. The zero-order chi connectivity index (χ0) is 26.4. The molecular weight excluding hydrogens is 476 g/mol. The van der Waals surface area contributed by atoms with Gasteiger partial charge < -0.3 is 24.5 Å². The Bertz CT molecular complexity index is 1740. The van der Waals surface area contributed by atoms with Gasteiger partial charge in [-0.15, -0.1) is 0 Å². The fraction of sp³-hybridized carbons (Fsp3) is 0.0690.